The summed E-state index contributed by atoms with van der Waals surface area (Å²) >= 11 is -0.548. The molecule has 0 N–H and O–H groups in total. The normalized spacial score (nSPS) is 24.3. The average molecular weight is 465 g/mol. The topological polar surface area (TPSA) is 0 Å². The second kappa shape index (κ2) is 9.22. The standard InChI is InChI=1S/C16H17.C7H9.2ClH.Zr/c1-12-10-14-8-5-9-15(16(14)11-12)13-6-3-2-4-7-13;1-6-4-3-5-7(6)2;;;/h2-4,6-7,10-11,15H,5,8-9H2,1H3;4H,5H2,1-2H3;2*1H;/q;;;;+2/p-2. The van der Waals surface area contributed by atoms with Crippen molar-refractivity contribution in [3.8, 4) is 0 Å². The molecule has 0 heterocycles. The van der Waals surface area contributed by atoms with Gasteiger partial charge in [0.1, 0.15) is 0 Å². The Kier molecular flexibility index (Phi) is 7.78. The first-order chi connectivity index (χ1) is 11.6. The number of allylic oxidation sites excluding steroid dienone is 8. The Balaban J connectivity index is 0.00000121. The molecule has 3 aliphatic carbocycles. The van der Waals surface area contributed by atoms with Gasteiger partial charge in [-0.15, -0.1) is 0 Å². The smallest absolute Gasteiger partial charge is 1.00 e. The first kappa shape index (κ1) is 21.9. The molecule has 0 amide bonds. The van der Waals surface area contributed by atoms with E-state index in [9.17, 15) is 0 Å². The molecule has 0 saturated heterocycles. The fourth-order valence-corrected chi connectivity index (χ4v) is 9.01. The van der Waals surface area contributed by atoms with E-state index in [-0.39, 0.29) is 24.8 Å². The summed E-state index contributed by atoms with van der Waals surface area (Å²) in [6, 6.07) is 11.2. The van der Waals surface area contributed by atoms with E-state index in [1.54, 1.807) is 16.7 Å². The first-order valence-electron chi connectivity index (χ1n) is 9.23. The van der Waals surface area contributed by atoms with Gasteiger partial charge in [-0.1, -0.05) is 0 Å². The monoisotopic (exact) mass is 462 g/mol. The van der Waals surface area contributed by atoms with Gasteiger partial charge in [-0.3, -0.25) is 0 Å². The summed E-state index contributed by atoms with van der Waals surface area (Å²) < 4.78 is 2.64. The van der Waals surface area contributed by atoms with Crippen LogP contribution in [-0.2, 0) is 23.2 Å². The molecule has 0 saturated carbocycles. The van der Waals surface area contributed by atoms with Crippen molar-refractivity contribution in [1.82, 2.24) is 0 Å². The van der Waals surface area contributed by atoms with Gasteiger partial charge in [0.25, 0.3) is 0 Å². The Morgan fingerprint density at radius 2 is 1.69 bits per heavy atom. The average Bonchev–Trinajstić information content (AvgIpc) is 3.08. The van der Waals surface area contributed by atoms with Gasteiger partial charge < -0.3 is 24.8 Å². The van der Waals surface area contributed by atoms with E-state index in [2.05, 4.69) is 63.3 Å². The largest absolute Gasteiger partial charge is 1.00 e. The van der Waals surface area contributed by atoms with E-state index in [0.717, 1.165) is 3.63 Å². The van der Waals surface area contributed by atoms with Crippen molar-refractivity contribution in [2.75, 3.05) is 0 Å². The quantitative estimate of drug-likeness (QED) is 0.619. The molecule has 0 spiro atoms. The fraction of sp³-hybridized carbons (Fsp3) is 0.391. The summed E-state index contributed by atoms with van der Waals surface area (Å²) in [5.41, 5.74) is 9.83. The van der Waals surface area contributed by atoms with Crippen LogP contribution in [0.2, 0.25) is 3.63 Å². The Morgan fingerprint density at radius 1 is 0.962 bits per heavy atom. The number of rotatable bonds is 3. The summed E-state index contributed by atoms with van der Waals surface area (Å²) in [4.78, 5) is 0. The zero-order valence-electron chi connectivity index (χ0n) is 15.8. The molecule has 0 fully saturated rings. The Bertz CT molecular complexity index is 784. The molecule has 0 aromatic heterocycles. The molecule has 0 radical (unpaired) electrons. The Labute approximate surface area is 182 Å². The second-order valence-electron chi connectivity index (χ2n) is 7.61. The van der Waals surface area contributed by atoms with Crippen LogP contribution in [0.1, 0.15) is 57.9 Å². The van der Waals surface area contributed by atoms with Gasteiger partial charge in [-0.05, 0) is 0 Å². The molecule has 3 heteroatoms. The van der Waals surface area contributed by atoms with E-state index in [1.165, 1.54) is 36.8 Å². The fourth-order valence-electron chi connectivity index (χ4n) is 4.50. The van der Waals surface area contributed by atoms with Crippen molar-refractivity contribution < 1.29 is 48.0 Å². The number of hydrogen-bond donors (Lipinski definition) is 0. The van der Waals surface area contributed by atoms with E-state index in [4.69, 9.17) is 0 Å². The summed E-state index contributed by atoms with van der Waals surface area (Å²) in [5.74, 6) is 0.647. The van der Waals surface area contributed by atoms with Crippen molar-refractivity contribution in [2.24, 2.45) is 0 Å². The van der Waals surface area contributed by atoms with Crippen molar-refractivity contribution in [3.05, 3.63) is 79.2 Å². The molecule has 1 aromatic rings. The number of benzene rings is 1. The maximum absolute atomic E-state index is 2.57. The van der Waals surface area contributed by atoms with E-state index < -0.39 is 23.2 Å². The first-order valence-corrected chi connectivity index (χ1v) is 11.9. The molecule has 4 rings (SSSR count). The van der Waals surface area contributed by atoms with Crippen molar-refractivity contribution in [2.45, 2.75) is 56.0 Å². The minimum Gasteiger partial charge on any atom is -1.00 e. The van der Waals surface area contributed by atoms with E-state index >= 15 is 0 Å². The number of hydrogen-bond acceptors (Lipinski definition) is 0. The van der Waals surface area contributed by atoms with Crippen LogP contribution < -0.4 is 24.8 Å². The van der Waals surface area contributed by atoms with E-state index in [0.29, 0.717) is 5.92 Å². The predicted molar refractivity (Wildman–Crippen MR) is 98.6 cm³/mol. The van der Waals surface area contributed by atoms with Crippen LogP contribution in [0.5, 0.6) is 0 Å². The molecular weight excluding hydrogens is 438 g/mol. The predicted octanol–water partition coefficient (Wildman–Crippen LogP) is 0.714. The van der Waals surface area contributed by atoms with Crippen LogP contribution in [0.3, 0.4) is 0 Å². The van der Waals surface area contributed by atoms with Crippen LogP contribution >= 0.6 is 0 Å². The van der Waals surface area contributed by atoms with Crippen LogP contribution in [0.4, 0.5) is 0 Å². The zero-order chi connectivity index (χ0) is 16.7. The SMILES string of the molecule is CC1=CC2=C(CCCC2c2ccccc2)[CH]1[Zr+2][C]1=CC(C)=C(C)C1.[Cl-].[Cl-]. The zero-order valence-corrected chi connectivity index (χ0v) is 19.8. The van der Waals surface area contributed by atoms with Gasteiger partial charge in [0.15, 0.2) is 0 Å². The van der Waals surface area contributed by atoms with Crippen LogP contribution in [0.25, 0.3) is 0 Å². The molecule has 0 nitrogen and oxygen atoms in total. The molecule has 0 bridgehead atoms. The Morgan fingerprint density at radius 3 is 2.35 bits per heavy atom. The van der Waals surface area contributed by atoms with Gasteiger partial charge in [-0.2, -0.15) is 0 Å². The summed E-state index contributed by atoms with van der Waals surface area (Å²) in [6.45, 7) is 7.00. The molecule has 26 heavy (non-hydrogen) atoms. The molecule has 136 valence electrons. The van der Waals surface area contributed by atoms with Gasteiger partial charge in [0, 0.05) is 0 Å². The van der Waals surface area contributed by atoms with Gasteiger partial charge in [-0.25, -0.2) is 0 Å². The van der Waals surface area contributed by atoms with Crippen LogP contribution in [0, 0.1) is 0 Å². The molecule has 2 atom stereocenters. The maximum atomic E-state index is 2.57. The van der Waals surface area contributed by atoms with Crippen LogP contribution in [0.15, 0.2) is 73.6 Å². The molecule has 2 unspecified atom stereocenters. The molecule has 0 aliphatic heterocycles. The van der Waals surface area contributed by atoms with Crippen LogP contribution in [-0.4, -0.2) is 0 Å². The minimum absolute atomic E-state index is 0. The second-order valence-corrected chi connectivity index (χ2v) is 11.3. The minimum atomic E-state index is -0.548. The molecule has 1 aromatic carbocycles. The van der Waals surface area contributed by atoms with Crippen molar-refractivity contribution in [3.63, 3.8) is 0 Å². The summed E-state index contributed by atoms with van der Waals surface area (Å²) in [5, 5.41) is 0. The number of halogens is 2. The van der Waals surface area contributed by atoms with E-state index in [1.807, 2.05) is 8.85 Å². The van der Waals surface area contributed by atoms with Crippen molar-refractivity contribution >= 4 is 0 Å². The van der Waals surface area contributed by atoms with Gasteiger partial charge in [0.05, 0.1) is 0 Å². The third kappa shape index (κ3) is 4.21. The maximum Gasteiger partial charge on any atom is -1.00 e. The van der Waals surface area contributed by atoms with Gasteiger partial charge in [0.2, 0.25) is 0 Å². The van der Waals surface area contributed by atoms with Gasteiger partial charge >= 0.3 is 158 Å². The molecule has 3 aliphatic rings. The van der Waals surface area contributed by atoms with Crippen molar-refractivity contribution in [1.29, 1.82) is 0 Å². The third-order valence-electron chi connectivity index (χ3n) is 5.92. The Hall–Kier alpha value is -0.357. The summed E-state index contributed by atoms with van der Waals surface area (Å²) in [7, 11) is 0. The third-order valence-corrected chi connectivity index (χ3v) is 10.3. The molecular formula is C23H26Cl2Zr. The summed E-state index contributed by atoms with van der Waals surface area (Å²) in [6.07, 6.45) is 10.4.